The molecule has 0 heterocycles. The van der Waals surface area contributed by atoms with Gasteiger partial charge in [0.15, 0.2) is 0 Å². The first-order valence-corrected chi connectivity index (χ1v) is 7.37. The number of ether oxygens (including phenoxy) is 1. The molecule has 20 heavy (non-hydrogen) atoms. The van der Waals surface area contributed by atoms with E-state index in [2.05, 4.69) is 18.5 Å². The van der Waals surface area contributed by atoms with E-state index in [0.717, 1.165) is 25.3 Å². The average molecular weight is 281 g/mol. The first kappa shape index (κ1) is 18.4. The number of hydrogen-bond acceptors (Lipinski definition) is 3. The van der Waals surface area contributed by atoms with E-state index in [1.165, 1.54) is 25.7 Å². The van der Waals surface area contributed by atoms with Crippen LogP contribution < -0.4 is 5.32 Å². The molecule has 0 aliphatic heterocycles. The van der Waals surface area contributed by atoms with E-state index in [-0.39, 0.29) is 12.5 Å². The molecule has 0 saturated carbocycles. The number of esters is 1. The van der Waals surface area contributed by atoms with Crippen molar-refractivity contribution in [3.8, 4) is 0 Å². The van der Waals surface area contributed by atoms with E-state index in [9.17, 15) is 9.59 Å². The fourth-order valence-corrected chi connectivity index (χ4v) is 1.77. The van der Waals surface area contributed by atoms with E-state index < -0.39 is 5.97 Å². The van der Waals surface area contributed by atoms with Gasteiger partial charge in [0, 0.05) is 12.5 Å². The van der Waals surface area contributed by atoms with Gasteiger partial charge in [0.2, 0.25) is 5.91 Å². The minimum atomic E-state index is -0.462. The molecule has 0 aromatic carbocycles. The molecule has 0 radical (unpaired) electrons. The Labute approximate surface area is 122 Å². The Morgan fingerprint density at radius 1 is 1.00 bits per heavy atom. The zero-order chi connectivity index (χ0) is 15.1. The fraction of sp³-hybridized carbons (Fsp3) is 0.625. The molecule has 0 aromatic rings. The largest absolute Gasteiger partial charge is 0.461 e. The van der Waals surface area contributed by atoms with Crippen molar-refractivity contribution < 1.29 is 14.3 Å². The molecular formula is C16H27NO3. The summed E-state index contributed by atoms with van der Waals surface area (Å²) in [4.78, 5) is 22.2. The Morgan fingerprint density at radius 2 is 1.65 bits per heavy atom. The van der Waals surface area contributed by atoms with Crippen LogP contribution in [-0.2, 0) is 14.3 Å². The molecule has 0 aliphatic carbocycles. The highest BCUT2D eigenvalue weighted by molar-refractivity contribution is 5.81. The van der Waals surface area contributed by atoms with Gasteiger partial charge in [0.25, 0.3) is 0 Å². The molecule has 0 fully saturated rings. The van der Waals surface area contributed by atoms with Crippen LogP contribution in [0.3, 0.4) is 0 Å². The molecule has 4 nitrogen and oxygen atoms in total. The Bertz CT molecular complexity index is 300. The smallest absolute Gasteiger partial charge is 0.330 e. The number of carbonyl (C=O) groups is 2. The van der Waals surface area contributed by atoms with Crippen molar-refractivity contribution in [3.05, 3.63) is 25.3 Å². The quantitative estimate of drug-likeness (QED) is 0.244. The van der Waals surface area contributed by atoms with Crippen LogP contribution in [-0.4, -0.2) is 25.0 Å². The van der Waals surface area contributed by atoms with Crippen molar-refractivity contribution in [2.75, 3.05) is 13.2 Å². The number of allylic oxidation sites excluding steroid dienone is 1. The lowest BCUT2D eigenvalue weighted by Crippen LogP contribution is -2.27. The van der Waals surface area contributed by atoms with Crippen molar-refractivity contribution in [2.24, 2.45) is 0 Å². The summed E-state index contributed by atoms with van der Waals surface area (Å²) in [5.41, 5.74) is 0. The topological polar surface area (TPSA) is 55.4 Å². The van der Waals surface area contributed by atoms with Crippen LogP contribution in [0.25, 0.3) is 0 Å². The number of amides is 1. The second kappa shape index (κ2) is 13.8. The molecule has 114 valence electrons. The van der Waals surface area contributed by atoms with Gasteiger partial charge in [-0.25, -0.2) is 4.79 Å². The zero-order valence-corrected chi connectivity index (χ0v) is 12.4. The number of unbranched alkanes of at least 4 members (excludes halogenated alkanes) is 6. The second-order valence-corrected chi connectivity index (χ2v) is 4.67. The summed E-state index contributed by atoms with van der Waals surface area (Å²) in [6, 6.07) is 0. The number of hydrogen-bond donors (Lipinski definition) is 1. The van der Waals surface area contributed by atoms with Crippen molar-refractivity contribution in [1.29, 1.82) is 0 Å². The Kier molecular flexibility index (Phi) is 12.7. The molecule has 0 aliphatic rings. The van der Waals surface area contributed by atoms with E-state index in [0.29, 0.717) is 13.0 Å². The Hall–Kier alpha value is -1.58. The number of nitrogens with one attached hydrogen (secondary N) is 1. The monoisotopic (exact) mass is 281 g/mol. The van der Waals surface area contributed by atoms with Crippen LogP contribution in [0, 0.1) is 0 Å². The van der Waals surface area contributed by atoms with Crippen LogP contribution in [0.2, 0.25) is 0 Å². The van der Waals surface area contributed by atoms with Crippen LogP contribution in [0.1, 0.15) is 51.4 Å². The summed E-state index contributed by atoms with van der Waals surface area (Å²) in [7, 11) is 0. The summed E-state index contributed by atoms with van der Waals surface area (Å²) in [6.07, 6.45) is 11.6. The maximum Gasteiger partial charge on any atom is 0.330 e. The lowest BCUT2D eigenvalue weighted by molar-refractivity contribution is -0.138. The third kappa shape index (κ3) is 12.9. The number of rotatable bonds is 13. The summed E-state index contributed by atoms with van der Waals surface area (Å²) >= 11 is 0. The zero-order valence-electron chi connectivity index (χ0n) is 12.4. The van der Waals surface area contributed by atoms with Gasteiger partial charge < -0.3 is 10.1 Å². The minimum Gasteiger partial charge on any atom is -0.461 e. The lowest BCUT2D eigenvalue weighted by atomic mass is 10.1. The average Bonchev–Trinajstić information content (AvgIpc) is 2.46. The highest BCUT2D eigenvalue weighted by Gasteiger charge is 2.01. The van der Waals surface area contributed by atoms with Crippen molar-refractivity contribution in [2.45, 2.75) is 51.4 Å². The van der Waals surface area contributed by atoms with Crippen LogP contribution in [0.15, 0.2) is 25.3 Å². The summed E-state index contributed by atoms with van der Waals surface area (Å²) in [6.45, 7) is 7.54. The van der Waals surface area contributed by atoms with E-state index in [1.807, 2.05) is 6.08 Å². The van der Waals surface area contributed by atoms with Crippen LogP contribution >= 0.6 is 0 Å². The maximum absolute atomic E-state index is 11.4. The van der Waals surface area contributed by atoms with E-state index in [1.54, 1.807) is 0 Å². The van der Waals surface area contributed by atoms with Crippen molar-refractivity contribution in [3.63, 3.8) is 0 Å². The first-order chi connectivity index (χ1) is 9.70. The second-order valence-electron chi connectivity index (χ2n) is 4.67. The highest BCUT2D eigenvalue weighted by atomic mass is 16.5. The van der Waals surface area contributed by atoms with E-state index in [4.69, 9.17) is 4.74 Å². The fourth-order valence-electron chi connectivity index (χ4n) is 1.77. The van der Waals surface area contributed by atoms with Gasteiger partial charge in [0.1, 0.15) is 6.61 Å². The van der Waals surface area contributed by atoms with Gasteiger partial charge in [-0.15, -0.1) is 6.58 Å². The molecule has 1 amide bonds. The Balaban J connectivity index is 3.26. The molecule has 0 bridgehead atoms. The van der Waals surface area contributed by atoms with Crippen LogP contribution in [0.5, 0.6) is 0 Å². The molecule has 0 rings (SSSR count). The first-order valence-electron chi connectivity index (χ1n) is 7.37. The predicted molar refractivity (Wildman–Crippen MR) is 81.3 cm³/mol. The van der Waals surface area contributed by atoms with Crippen molar-refractivity contribution >= 4 is 11.9 Å². The van der Waals surface area contributed by atoms with Gasteiger partial charge >= 0.3 is 5.97 Å². The van der Waals surface area contributed by atoms with Gasteiger partial charge in [-0.2, -0.15) is 0 Å². The van der Waals surface area contributed by atoms with Gasteiger partial charge in [-0.3, -0.25) is 4.79 Å². The Morgan fingerprint density at radius 3 is 2.30 bits per heavy atom. The van der Waals surface area contributed by atoms with Crippen LogP contribution in [0.4, 0.5) is 0 Å². The van der Waals surface area contributed by atoms with Gasteiger partial charge in [-0.05, 0) is 19.3 Å². The molecule has 0 spiro atoms. The third-order valence-corrected chi connectivity index (χ3v) is 2.90. The molecule has 4 heteroatoms. The normalized spacial score (nSPS) is 9.80. The molecule has 0 aromatic heterocycles. The SMILES string of the molecule is C=CCCCCCCCCC(=O)NCCOC(=O)C=C. The predicted octanol–water partition coefficient (Wildman–Crippen LogP) is 3.14. The summed E-state index contributed by atoms with van der Waals surface area (Å²) in [5.74, 6) is -0.443. The summed E-state index contributed by atoms with van der Waals surface area (Å²) < 4.78 is 4.75. The molecule has 0 unspecified atom stereocenters. The minimum absolute atomic E-state index is 0.0197. The van der Waals surface area contributed by atoms with Crippen molar-refractivity contribution in [1.82, 2.24) is 5.32 Å². The molecule has 0 atom stereocenters. The molecule has 1 N–H and O–H groups in total. The molecule has 0 saturated heterocycles. The molecular weight excluding hydrogens is 254 g/mol. The standard InChI is InChI=1S/C16H27NO3/c1-3-5-6-7-8-9-10-11-12-15(18)17-13-14-20-16(19)4-2/h3-4H,1-2,5-14H2,(H,17,18). The number of carbonyl (C=O) groups excluding carboxylic acids is 2. The summed E-state index contributed by atoms with van der Waals surface area (Å²) in [5, 5.41) is 2.72. The van der Waals surface area contributed by atoms with Gasteiger partial charge in [0.05, 0.1) is 6.54 Å². The maximum atomic E-state index is 11.4. The third-order valence-electron chi connectivity index (χ3n) is 2.90. The van der Waals surface area contributed by atoms with E-state index >= 15 is 0 Å². The van der Waals surface area contributed by atoms with Gasteiger partial charge in [-0.1, -0.05) is 38.3 Å². The highest BCUT2D eigenvalue weighted by Crippen LogP contribution is 2.08. The lowest BCUT2D eigenvalue weighted by Gasteiger charge is -2.05.